The molecule has 8 heteroatoms. The first-order chi connectivity index (χ1) is 12.8. The summed E-state index contributed by atoms with van der Waals surface area (Å²) in [5, 5.41) is 2.97. The number of hydrogen-bond donors (Lipinski definition) is 1. The van der Waals surface area contributed by atoms with Crippen molar-refractivity contribution in [3.63, 3.8) is 0 Å². The average molecular weight is 387 g/mol. The van der Waals surface area contributed by atoms with Crippen molar-refractivity contribution in [3.05, 3.63) is 30.1 Å². The molecule has 1 aromatic rings. The van der Waals surface area contributed by atoms with E-state index in [-0.39, 0.29) is 17.6 Å². The van der Waals surface area contributed by atoms with Gasteiger partial charge in [0.25, 0.3) is 0 Å². The van der Waals surface area contributed by atoms with Gasteiger partial charge in [0, 0.05) is 31.2 Å². The number of halogens is 4. The van der Waals surface area contributed by atoms with Crippen LogP contribution in [0.3, 0.4) is 0 Å². The van der Waals surface area contributed by atoms with Crippen LogP contribution in [0.1, 0.15) is 19.3 Å². The van der Waals surface area contributed by atoms with Crippen molar-refractivity contribution in [2.45, 2.75) is 25.4 Å². The number of nitrogens with zero attached hydrogens (tertiary/aromatic N) is 2. The minimum atomic E-state index is -4.19. The first-order valence-electron chi connectivity index (χ1n) is 9.37. The third-order valence-electron chi connectivity index (χ3n) is 5.40. The van der Waals surface area contributed by atoms with Crippen molar-refractivity contribution in [3.8, 4) is 0 Å². The first-order valence-corrected chi connectivity index (χ1v) is 9.37. The van der Waals surface area contributed by atoms with Gasteiger partial charge in [-0.25, -0.2) is 4.39 Å². The summed E-state index contributed by atoms with van der Waals surface area (Å²) in [6.45, 7) is 1.94. The lowest BCUT2D eigenvalue weighted by atomic mass is 9.95. The molecule has 1 atom stereocenters. The highest BCUT2D eigenvalue weighted by atomic mass is 19.4. The van der Waals surface area contributed by atoms with Crippen LogP contribution in [0.25, 0.3) is 0 Å². The molecular weight excluding hydrogens is 362 g/mol. The second kappa shape index (κ2) is 8.46. The standard InChI is InChI=1S/C19H25F4N3O/c20-16-1-3-17(4-2-16)26-10-5-14(12-26)11-24-18(27)15-6-8-25(9-7-15)13-19(21,22)23/h1-4,14-15H,5-13H2,(H,24,27)/t14-/m1/s1. The third kappa shape index (κ3) is 5.82. The predicted octanol–water partition coefficient (Wildman–Crippen LogP) is 3.04. The van der Waals surface area contributed by atoms with Gasteiger partial charge in [0.05, 0.1) is 6.54 Å². The summed E-state index contributed by atoms with van der Waals surface area (Å²) in [7, 11) is 0. The van der Waals surface area contributed by atoms with Crippen molar-refractivity contribution >= 4 is 11.6 Å². The van der Waals surface area contributed by atoms with E-state index in [9.17, 15) is 22.4 Å². The minimum absolute atomic E-state index is 0.0538. The molecule has 0 saturated carbocycles. The molecule has 150 valence electrons. The Bertz CT molecular complexity index is 627. The Morgan fingerprint density at radius 1 is 1.07 bits per heavy atom. The maximum atomic E-state index is 13.0. The van der Waals surface area contributed by atoms with Gasteiger partial charge in [0.1, 0.15) is 5.82 Å². The fourth-order valence-corrected chi connectivity index (χ4v) is 3.88. The zero-order valence-electron chi connectivity index (χ0n) is 15.1. The van der Waals surface area contributed by atoms with Crippen LogP contribution in [-0.2, 0) is 4.79 Å². The van der Waals surface area contributed by atoms with Gasteiger partial charge >= 0.3 is 6.18 Å². The zero-order chi connectivity index (χ0) is 19.4. The molecule has 0 spiro atoms. The Morgan fingerprint density at radius 3 is 2.37 bits per heavy atom. The summed E-state index contributed by atoms with van der Waals surface area (Å²) in [5.74, 6) is -0.196. The quantitative estimate of drug-likeness (QED) is 0.789. The molecule has 1 N–H and O–H groups in total. The first kappa shape index (κ1) is 19.9. The Balaban J connectivity index is 1.38. The maximum absolute atomic E-state index is 13.0. The Labute approximate surface area is 156 Å². The van der Waals surface area contributed by atoms with Gasteiger partial charge in [0.15, 0.2) is 0 Å². The van der Waals surface area contributed by atoms with E-state index in [1.54, 1.807) is 12.1 Å². The number of amides is 1. The van der Waals surface area contributed by atoms with Crippen molar-refractivity contribution in [2.24, 2.45) is 11.8 Å². The number of likely N-dealkylation sites (tertiary alicyclic amines) is 1. The number of carbonyl (C=O) groups excluding carboxylic acids is 1. The molecule has 0 bridgehead atoms. The molecule has 2 heterocycles. The lowest BCUT2D eigenvalue weighted by molar-refractivity contribution is -0.149. The fourth-order valence-electron chi connectivity index (χ4n) is 3.88. The van der Waals surface area contributed by atoms with Crippen molar-refractivity contribution in [1.29, 1.82) is 0 Å². The fraction of sp³-hybridized carbons (Fsp3) is 0.632. The van der Waals surface area contributed by atoms with E-state index in [4.69, 9.17) is 0 Å². The molecule has 2 saturated heterocycles. The second-order valence-corrected chi connectivity index (χ2v) is 7.49. The van der Waals surface area contributed by atoms with Gasteiger partial charge in [-0.3, -0.25) is 9.69 Å². The summed E-state index contributed by atoms with van der Waals surface area (Å²) < 4.78 is 50.3. The van der Waals surface area contributed by atoms with E-state index in [0.717, 1.165) is 25.2 Å². The van der Waals surface area contributed by atoms with Crippen LogP contribution in [0, 0.1) is 17.7 Å². The van der Waals surface area contributed by atoms with Gasteiger partial charge < -0.3 is 10.2 Å². The van der Waals surface area contributed by atoms with Crippen LogP contribution in [0.15, 0.2) is 24.3 Å². The van der Waals surface area contributed by atoms with Crippen LogP contribution in [0.4, 0.5) is 23.2 Å². The predicted molar refractivity (Wildman–Crippen MR) is 94.9 cm³/mol. The number of alkyl halides is 3. The van der Waals surface area contributed by atoms with E-state index in [0.29, 0.717) is 38.4 Å². The molecule has 2 aliphatic heterocycles. The average Bonchev–Trinajstić information content (AvgIpc) is 3.08. The summed E-state index contributed by atoms with van der Waals surface area (Å²) in [5.41, 5.74) is 0.974. The Kier molecular flexibility index (Phi) is 6.24. The Hall–Kier alpha value is -1.83. The van der Waals surface area contributed by atoms with E-state index in [1.165, 1.54) is 17.0 Å². The van der Waals surface area contributed by atoms with Gasteiger partial charge in [-0.2, -0.15) is 13.2 Å². The number of anilines is 1. The van der Waals surface area contributed by atoms with Gasteiger partial charge in [0.2, 0.25) is 5.91 Å². The molecule has 3 rings (SSSR count). The Morgan fingerprint density at radius 2 is 1.74 bits per heavy atom. The highest BCUT2D eigenvalue weighted by Crippen LogP contribution is 2.25. The zero-order valence-corrected chi connectivity index (χ0v) is 15.1. The number of nitrogens with one attached hydrogen (secondary N) is 1. The number of benzene rings is 1. The number of hydrogen-bond acceptors (Lipinski definition) is 3. The van der Waals surface area contributed by atoms with E-state index < -0.39 is 12.7 Å². The van der Waals surface area contributed by atoms with Crippen LogP contribution in [-0.4, -0.2) is 56.3 Å². The van der Waals surface area contributed by atoms with Gasteiger partial charge in [-0.1, -0.05) is 0 Å². The van der Waals surface area contributed by atoms with E-state index in [1.807, 2.05) is 0 Å². The molecule has 2 aliphatic rings. The molecule has 1 amide bonds. The molecule has 2 fully saturated rings. The summed E-state index contributed by atoms with van der Waals surface area (Å²) in [6.07, 6.45) is -2.31. The minimum Gasteiger partial charge on any atom is -0.371 e. The molecular formula is C19H25F4N3O. The second-order valence-electron chi connectivity index (χ2n) is 7.49. The van der Waals surface area contributed by atoms with Crippen molar-refractivity contribution in [2.75, 3.05) is 44.2 Å². The molecule has 4 nitrogen and oxygen atoms in total. The molecule has 0 aliphatic carbocycles. The maximum Gasteiger partial charge on any atom is 0.401 e. The number of piperidine rings is 1. The topological polar surface area (TPSA) is 35.6 Å². The highest BCUT2D eigenvalue weighted by Gasteiger charge is 2.34. The monoisotopic (exact) mass is 387 g/mol. The molecule has 0 aromatic heterocycles. The molecule has 0 radical (unpaired) electrons. The van der Waals surface area contributed by atoms with E-state index in [2.05, 4.69) is 10.2 Å². The molecule has 1 aromatic carbocycles. The smallest absolute Gasteiger partial charge is 0.371 e. The molecule has 0 unspecified atom stereocenters. The normalized spacial score (nSPS) is 22.2. The number of rotatable bonds is 5. The van der Waals surface area contributed by atoms with Crippen LogP contribution < -0.4 is 10.2 Å². The summed E-state index contributed by atoms with van der Waals surface area (Å²) in [4.78, 5) is 15.9. The number of carbonyl (C=O) groups is 1. The van der Waals surface area contributed by atoms with Crippen LogP contribution >= 0.6 is 0 Å². The third-order valence-corrected chi connectivity index (χ3v) is 5.40. The highest BCUT2D eigenvalue weighted by molar-refractivity contribution is 5.78. The SMILES string of the molecule is O=C(NC[C@H]1CCN(c2ccc(F)cc2)C1)C1CCN(CC(F)(F)F)CC1. The van der Waals surface area contributed by atoms with Gasteiger partial charge in [-0.15, -0.1) is 0 Å². The molecule has 27 heavy (non-hydrogen) atoms. The van der Waals surface area contributed by atoms with Crippen LogP contribution in [0.5, 0.6) is 0 Å². The van der Waals surface area contributed by atoms with Gasteiger partial charge in [-0.05, 0) is 62.5 Å². The largest absolute Gasteiger partial charge is 0.401 e. The lowest BCUT2D eigenvalue weighted by Crippen LogP contribution is -2.44. The summed E-state index contributed by atoms with van der Waals surface area (Å²) >= 11 is 0. The van der Waals surface area contributed by atoms with Crippen molar-refractivity contribution < 1.29 is 22.4 Å². The van der Waals surface area contributed by atoms with Crippen molar-refractivity contribution in [1.82, 2.24) is 10.2 Å². The van der Waals surface area contributed by atoms with Crippen LogP contribution in [0.2, 0.25) is 0 Å². The summed E-state index contributed by atoms with van der Waals surface area (Å²) in [6, 6.07) is 6.39. The lowest BCUT2D eigenvalue weighted by Gasteiger charge is -2.31. The van der Waals surface area contributed by atoms with E-state index >= 15 is 0 Å².